The van der Waals surface area contributed by atoms with Crippen molar-refractivity contribution < 1.29 is 27.4 Å². The van der Waals surface area contributed by atoms with Crippen LogP contribution < -0.4 is 8.40 Å². The first kappa shape index (κ1) is 10.1. The molecule has 0 aromatic rings. The third-order valence-corrected chi connectivity index (χ3v) is 0. The Morgan fingerprint density at radius 3 is 1.40 bits per heavy atom. The quantitative estimate of drug-likeness (QED) is 0.381. The van der Waals surface area contributed by atoms with Crippen LogP contribution in [0.1, 0.15) is 0 Å². The summed E-state index contributed by atoms with van der Waals surface area (Å²) in [7, 11) is 0. The van der Waals surface area contributed by atoms with E-state index in [9.17, 15) is 0 Å². The Hall–Kier alpha value is 2.00. The molecule has 0 heterocycles. The molecule has 0 rings (SSSR count). The van der Waals surface area contributed by atoms with Gasteiger partial charge in [-0.3, -0.25) is 0 Å². The van der Waals surface area contributed by atoms with Crippen LogP contribution in [-0.2, 0) is 0 Å². The number of hydrogen-bond acceptors (Lipinski definition) is 3. The van der Waals surface area contributed by atoms with E-state index in [0.717, 1.165) is 0 Å². The SMILES string of the molecule is [KH].[O-][Br+2]([O-])O. The second-order valence-electron chi connectivity index (χ2n) is 0.201. The summed E-state index contributed by atoms with van der Waals surface area (Å²) in [6, 6.07) is 0. The zero-order valence-corrected chi connectivity index (χ0v) is 3.23. The van der Waals surface area contributed by atoms with Gasteiger partial charge in [0, 0.05) is 0 Å². The van der Waals surface area contributed by atoms with E-state index in [-0.39, 0.29) is 51.4 Å². The fraction of sp³-hybridized carbons (Fsp3) is 0. The van der Waals surface area contributed by atoms with Crippen LogP contribution >= 0.6 is 0 Å². The second-order valence-corrected chi connectivity index (χ2v) is 1.04. The van der Waals surface area contributed by atoms with Gasteiger partial charge in [-0.2, -0.15) is 0 Å². The maximum atomic E-state index is 8.63. The fourth-order valence-electron chi connectivity index (χ4n) is 0. The summed E-state index contributed by atoms with van der Waals surface area (Å²) in [6.07, 6.45) is 0. The summed E-state index contributed by atoms with van der Waals surface area (Å²) in [5.41, 5.74) is 0. The van der Waals surface area contributed by atoms with Crippen molar-refractivity contribution in [3.63, 3.8) is 0 Å². The molecule has 0 amide bonds. The minimum atomic E-state index is -3.40. The maximum absolute atomic E-state index is 8.63. The van der Waals surface area contributed by atoms with Gasteiger partial charge in [0.15, 0.2) is 0 Å². The number of rotatable bonds is 0. The Morgan fingerprint density at radius 1 is 1.40 bits per heavy atom. The van der Waals surface area contributed by atoms with E-state index < -0.39 is 14.8 Å². The van der Waals surface area contributed by atoms with Crippen LogP contribution in [0.25, 0.3) is 0 Å². The molecule has 0 aliphatic carbocycles. The normalized spacial score (nSPS) is 7.20. The zero-order chi connectivity index (χ0) is 3.58. The van der Waals surface area contributed by atoms with Gasteiger partial charge in [-0.05, 0) is 4.20 Å². The minimum absolute atomic E-state index is 0. The van der Waals surface area contributed by atoms with Gasteiger partial charge >= 0.3 is 66.2 Å². The van der Waals surface area contributed by atoms with Gasteiger partial charge in [0.2, 0.25) is 0 Å². The van der Waals surface area contributed by atoms with Crippen LogP contribution in [0.15, 0.2) is 0 Å². The molecule has 0 aliphatic rings. The van der Waals surface area contributed by atoms with Gasteiger partial charge in [0.05, 0.1) is 0 Å². The molecule has 3 nitrogen and oxygen atoms in total. The Morgan fingerprint density at radius 2 is 1.40 bits per heavy atom. The molecule has 0 bridgehead atoms. The molecule has 0 aromatic heterocycles. The monoisotopic (exact) mass is 168 g/mol. The molecule has 5 heavy (non-hydrogen) atoms. The smallest absolute Gasteiger partial charge is 0.372 e. The predicted molar refractivity (Wildman–Crippen MR) is 9.37 cm³/mol. The van der Waals surface area contributed by atoms with Crippen LogP contribution in [0.2, 0.25) is 0 Å². The van der Waals surface area contributed by atoms with E-state index in [1.807, 2.05) is 0 Å². The van der Waals surface area contributed by atoms with Gasteiger partial charge < -0.3 is 8.40 Å². The number of halogens is 1. The minimum Gasteiger partial charge on any atom is -0.372 e. The molecule has 0 aliphatic heterocycles. The molecule has 0 spiro atoms. The summed E-state index contributed by atoms with van der Waals surface area (Å²) in [4.78, 5) is 0. The molecule has 1 N–H and O–H groups in total. The summed E-state index contributed by atoms with van der Waals surface area (Å²) in [6.45, 7) is 0. The summed E-state index contributed by atoms with van der Waals surface area (Å²) >= 11 is -3.40. The second kappa shape index (κ2) is 6.00. The van der Waals surface area contributed by atoms with Gasteiger partial charge in [-0.25, -0.2) is 0 Å². The average Bonchev–Trinajstić information content (AvgIpc) is 0.811. The Bertz CT molecular complexity index is 11.6. The first-order chi connectivity index (χ1) is 1.73. The molecule has 0 unspecified atom stereocenters. The molecule has 0 saturated heterocycles. The van der Waals surface area contributed by atoms with Crippen LogP contribution in [0.4, 0.5) is 0 Å². The molecule has 28 valence electrons. The summed E-state index contributed by atoms with van der Waals surface area (Å²) in [5.74, 6) is 0. The van der Waals surface area contributed by atoms with Crippen LogP contribution in [-0.4, -0.2) is 55.6 Å². The number of hydrogen-bond donors (Lipinski definition) is 1. The van der Waals surface area contributed by atoms with Crippen LogP contribution in [0, 0.1) is 14.8 Å². The van der Waals surface area contributed by atoms with Crippen molar-refractivity contribution in [1.82, 2.24) is 0 Å². The Balaban J connectivity index is 0. The molecule has 5 heteroatoms. The molecule has 0 radical (unpaired) electrons. The maximum Gasteiger partial charge on any atom is 0.433 e. The third kappa shape index (κ3) is 24.0. The molecule has 0 atom stereocenters. The van der Waals surface area contributed by atoms with Gasteiger partial charge in [-0.1, -0.05) is 0 Å². The van der Waals surface area contributed by atoms with Crippen molar-refractivity contribution in [2.45, 2.75) is 0 Å². The molecule has 0 fully saturated rings. The Kier molecular flexibility index (Phi) is 12.1. The van der Waals surface area contributed by atoms with Gasteiger partial charge in [0.25, 0.3) is 0 Å². The summed E-state index contributed by atoms with van der Waals surface area (Å²) in [5, 5.41) is 0. The zero-order valence-electron chi connectivity index (χ0n) is 1.64. The van der Waals surface area contributed by atoms with E-state index >= 15 is 0 Å². The molecule has 0 aromatic carbocycles. The van der Waals surface area contributed by atoms with Gasteiger partial charge in [-0.15, -0.1) is 0 Å². The van der Waals surface area contributed by atoms with E-state index in [1.165, 1.54) is 0 Å². The molecular formula is H2BrKO3. The van der Waals surface area contributed by atoms with Crippen molar-refractivity contribution in [3.05, 3.63) is 0 Å². The standard InChI is InChI=1S/BrHO3.K.H/c2-1(3)4;;/h2H;;. The first-order valence-electron chi connectivity index (χ1n) is 0.478. The van der Waals surface area contributed by atoms with Crippen LogP contribution in [0.5, 0.6) is 0 Å². The van der Waals surface area contributed by atoms with Gasteiger partial charge in [0.1, 0.15) is 0 Å². The largest absolute Gasteiger partial charge is 0.433 e. The topological polar surface area (TPSA) is 66.3 Å². The van der Waals surface area contributed by atoms with Crippen molar-refractivity contribution >= 4 is 51.4 Å². The fourth-order valence-corrected chi connectivity index (χ4v) is 0. The van der Waals surface area contributed by atoms with Crippen molar-refractivity contribution in [2.75, 3.05) is 0 Å². The molecule has 0 saturated carbocycles. The van der Waals surface area contributed by atoms with Crippen molar-refractivity contribution in [1.29, 1.82) is 0 Å². The van der Waals surface area contributed by atoms with Crippen molar-refractivity contribution in [3.8, 4) is 0 Å². The van der Waals surface area contributed by atoms with E-state index in [4.69, 9.17) is 12.6 Å². The Labute approximate surface area is 77.2 Å². The van der Waals surface area contributed by atoms with E-state index in [2.05, 4.69) is 0 Å². The van der Waals surface area contributed by atoms with E-state index in [0.29, 0.717) is 0 Å². The molecular weight excluding hydrogens is 167 g/mol. The summed E-state index contributed by atoms with van der Waals surface area (Å²) < 4.78 is 24.3. The third-order valence-electron chi connectivity index (χ3n) is 0. The van der Waals surface area contributed by atoms with Crippen molar-refractivity contribution in [2.24, 2.45) is 0 Å². The van der Waals surface area contributed by atoms with Crippen LogP contribution in [0.3, 0.4) is 0 Å². The predicted octanol–water partition coefficient (Wildman–Crippen LogP) is -3.58. The first-order valence-corrected chi connectivity index (χ1v) is 2.48. The van der Waals surface area contributed by atoms with E-state index in [1.54, 1.807) is 0 Å². The average molecular weight is 169 g/mol.